The van der Waals surface area contributed by atoms with E-state index >= 15 is 0 Å². The molecule has 0 fully saturated rings. The quantitative estimate of drug-likeness (QED) is 0.332. The lowest BCUT2D eigenvalue weighted by atomic mass is 10.2. The van der Waals surface area contributed by atoms with Gasteiger partial charge in [-0.1, -0.05) is 50.1 Å². The van der Waals surface area contributed by atoms with Crippen molar-refractivity contribution >= 4 is 29.1 Å². The third-order valence-corrected chi connectivity index (χ3v) is 4.00. The first-order chi connectivity index (χ1) is 14.1. The summed E-state index contributed by atoms with van der Waals surface area (Å²) >= 11 is 5.05. The lowest BCUT2D eigenvalue weighted by molar-refractivity contribution is -0.123. The van der Waals surface area contributed by atoms with Crippen molar-refractivity contribution < 1.29 is 19.1 Å². The van der Waals surface area contributed by atoms with Crippen LogP contribution in [-0.4, -0.2) is 30.1 Å². The zero-order valence-corrected chi connectivity index (χ0v) is 17.1. The molecule has 0 saturated carbocycles. The third-order valence-electron chi connectivity index (χ3n) is 3.79. The third kappa shape index (κ3) is 8.18. The molecule has 0 spiro atoms. The van der Waals surface area contributed by atoms with E-state index in [0.29, 0.717) is 23.7 Å². The van der Waals surface area contributed by atoms with Crippen molar-refractivity contribution in [2.24, 2.45) is 0 Å². The summed E-state index contributed by atoms with van der Waals surface area (Å²) < 4.78 is 11.0. The molecule has 0 aliphatic rings. The van der Waals surface area contributed by atoms with Crippen molar-refractivity contribution in [3.05, 3.63) is 60.2 Å². The highest BCUT2D eigenvalue weighted by molar-refractivity contribution is 7.80. The zero-order valence-electron chi connectivity index (χ0n) is 16.3. The Labute approximate surface area is 175 Å². The van der Waals surface area contributed by atoms with Gasteiger partial charge in [-0.15, -0.1) is 0 Å². The van der Waals surface area contributed by atoms with E-state index < -0.39 is 11.8 Å². The molecule has 0 unspecified atom stereocenters. The van der Waals surface area contributed by atoms with Crippen molar-refractivity contribution in [2.75, 3.05) is 13.2 Å². The molecular weight excluding hydrogens is 390 g/mol. The van der Waals surface area contributed by atoms with Crippen molar-refractivity contribution in [3.63, 3.8) is 0 Å². The number of unbranched alkanes of at least 4 members (excludes halogenated alkanes) is 2. The van der Waals surface area contributed by atoms with Crippen LogP contribution in [0.3, 0.4) is 0 Å². The molecule has 0 aliphatic heterocycles. The minimum absolute atomic E-state index is 0.0381. The molecule has 0 bridgehead atoms. The summed E-state index contributed by atoms with van der Waals surface area (Å²) in [6.45, 7) is 2.46. The molecule has 0 aromatic heterocycles. The molecule has 0 saturated heterocycles. The maximum absolute atomic E-state index is 12.5. The Balaban J connectivity index is 1.77. The Bertz CT molecular complexity index is 815. The van der Waals surface area contributed by atoms with Gasteiger partial charge in [0.2, 0.25) is 0 Å². The van der Waals surface area contributed by atoms with Gasteiger partial charge in [0.25, 0.3) is 11.8 Å². The number of para-hydroxylation sites is 2. The van der Waals surface area contributed by atoms with Gasteiger partial charge >= 0.3 is 0 Å². The fourth-order valence-electron chi connectivity index (χ4n) is 2.34. The van der Waals surface area contributed by atoms with Gasteiger partial charge < -0.3 is 9.47 Å². The Hall–Kier alpha value is -3.13. The van der Waals surface area contributed by atoms with E-state index in [-0.39, 0.29) is 11.7 Å². The molecule has 7 nitrogen and oxygen atoms in total. The first-order valence-corrected chi connectivity index (χ1v) is 9.80. The normalized spacial score (nSPS) is 9.97. The molecule has 2 rings (SSSR count). The van der Waals surface area contributed by atoms with Crippen LogP contribution >= 0.6 is 12.2 Å². The maximum Gasteiger partial charge on any atom is 0.276 e. The van der Waals surface area contributed by atoms with E-state index in [9.17, 15) is 9.59 Å². The molecule has 8 heteroatoms. The fraction of sp³-hybridized carbons (Fsp3) is 0.286. The van der Waals surface area contributed by atoms with Gasteiger partial charge in [-0.05, 0) is 42.9 Å². The van der Waals surface area contributed by atoms with Crippen LogP contribution in [0.2, 0.25) is 0 Å². The van der Waals surface area contributed by atoms with Crippen molar-refractivity contribution in [3.8, 4) is 11.5 Å². The number of benzene rings is 2. The van der Waals surface area contributed by atoms with Crippen molar-refractivity contribution in [2.45, 2.75) is 26.2 Å². The lowest BCUT2D eigenvalue weighted by Gasteiger charge is -2.13. The van der Waals surface area contributed by atoms with E-state index in [1.54, 1.807) is 36.4 Å². The highest BCUT2D eigenvalue weighted by Crippen LogP contribution is 2.18. The van der Waals surface area contributed by atoms with Gasteiger partial charge in [0.15, 0.2) is 11.7 Å². The molecule has 0 heterocycles. The molecule has 3 N–H and O–H groups in total. The highest BCUT2D eigenvalue weighted by Gasteiger charge is 2.14. The SMILES string of the molecule is CCCCCOc1ccccc1C(=O)NC(=S)NNC(=O)COc1ccccc1. The standard InChI is InChI=1S/C21H25N3O4S/c1-2-3-9-14-27-18-13-8-7-12-17(18)20(26)22-21(29)24-23-19(25)15-28-16-10-5-4-6-11-16/h4-8,10-13H,2-3,9,14-15H2,1H3,(H,23,25)(H2,22,24,26,29). The minimum atomic E-state index is -0.440. The average molecular weight is 416 g/mol. The van der Waals surface area contributed by atoms with Gasteiger partial charge in [-0.25, -0.2) is 0 Å². The molecule has 154 valence electrons. The topological polar surface area (TPSA) is 88.7 Å². The minimum Gasteiger partial charge on any atom is -0.493 e. The van der Waals surface area contributed by atoms with Crippen LogP contribution in [-0.2, 0) is 4.79 Å². The number of thiocarbonyl (C=S) groups is 1. The summed E-state index contributed by atoms with van der Waals surface area (Å²) in [7, 11) is 0. The summed E-state index contributed by atoms with van der Waals surface area (Å²) in [6, 6.07) is 15.9. The number of carbonyl (C=O) groups is 2. The van der Waals surface area contributed by atoms with Gasteiger partial charge in [0.05, 0.1) is 12.2 Å². The molecule has 29 heavy (non-hydrogen) atoms. The number of rotatable bonds is 9. The predicted octanol–water partition coefficient (Wildman–Crippen LogP) is 2.97. The number of hydrogen-bond donors (Lipinski definition) is 3. The Morgan fingerprint density at radius 3 is 2.41 bits per heavy atom. The first-order valence-electron chi connectivity index (χ1n) is 9.40. The molecule has 2 aromatic carbocycles. The maximum atomic E-state index is 12.5. The summed E-state index contributed by atoms with van der Waals surface area (Å²) in [5.41, 5.74) is 5.22. The largest absolute Gasteiger partial charge is 0.493 e. The van der Waals surface area contributed by atoms with Crippen molar-refractivity contribution in [1.82, 2.24) is 16.2 Å². The van der Waals surface area contributed by atoms with Crippen LogP contribution in [0.4, 0.5) is 0 Å². The summed E-state index contributed by atoms with van der Waals surface area (Å²) in [6.07, 6.45) is 3.08. The number of hydrogen-bond acceptors (Lipinski definition) is 5. The second kappa shape index (κ2) is 12.4. The number of carbonyl (C=O) groups excluding carboxylic acids is 2. The van der Waals surface area contributed by atoms with Crippen LogP contribution in [0.15, 0.2) is 54.6 Å². The van der Waals surface area contributed by atoms with Crippen LogP contribution in [0.1, 0.15) is 36.5 Å². The zero-order chi connectivity index (χ0) is 20.9. The predicted molar refractivity (Wildman–Crippen MR) is 115 cm³/mol. The number of nitrogens with one attached hydrogen (secondary N) is 3. The van der Waals surface area contributed by atoms with E-state index in [1.807, 2.05) is 18.2 Å². The average Bonchev–Trinajstić information content (AvgIpc) is 2.75. The van der Waals surface area contributed by atoms with E-state index in [2.05, 4.69) is 23.1 Å². The fourth-order valence-corrected chi connectivity index (χ4v) is 2.49. The molecular formula is C21H25N3O4S. The number of amides is 2. The van der Waals surface area contributed by atoms with E-state index in [1.165, 1.54) is 0 Å². The lowest BCUT2D eigenvalue weighted by Crippen LogP contribution is -2.49. The highest BCUT2D eigenvalue weighted by atomic mass is 32.1. The molecule has 2 amide bonds. The van der Waals surface area contributed by atoms with E-state index in [0.717, 1.165) is 19.3 Å². The van der Waals surface area contributed by atoms with Crippen LogP contribution < -0.4 is 25.6 Å². The molecule has 0 radical (unpaired) electrons. The molecule has 2 aromatic rings. The molecule has 0 atom stereocenters. The van der Waals surface area contributed by atoms with Crippen LogP contribution in [0.5, 0.6) is 11.5 Å². The monoisotopic (exact) mass is 415 g/mol. The van der Waals surface area contributed by atoms with Gasteiger partial charge in [-0.2, -0.15) is 0 Å². The first kappa shape index (κ1) is 22.2. The van der Waals surface area contributed by atoms with E-state index in [4.69, 9.17) is 21.7 Å². The number of ether oxygens (including phenoxy) is 2. The summed E-state index contributed by atoms with van der Waals surface area (Å²) in [5.74, 6) is 0.201. The van der Waals surface area contributed by atoms with Crippen LogP contribution in [0, 0.1) is 0 Å². The summed E-state index contributed by atoms with van der Waals surface area (Å²) in [5, 5.41) is 2.48. The number of hydrazine groups is 1. The van der Waals surface area contributed by atoms with Gasteiger partial charge in [-0.3, -0.25) is 25.8 Å². The van der Waals surface area contributed by atoms with Crippen LogP contribution in [0.25, 0.3) is 0 Å². The second-order valence-electron chi connectivity index (χ2n) is 6.11. The second-order valence-corrected chi connectivity index (χ2v) is 6.52. The van der Waals surface area contributed by atoms with Crippen molar-refractivity contribution in [1.29, 1.82) is 0 Å². The van der Waals surface area contributed by atoms with Gasteiger partial charge in [0, 0.05) is 0 Å². The Morgan fingerprint density at radius 2 is 1.66 bits per heavy atom. The Morgan fingerprint density at radius 1 is 0.931 bits per heavy atom. The summed E-state index contributed by atoms with van der Waals surface area (Å²) in [4.78, 5) is 24.3. The smallest absolute Gasteiger partial charge is 0.276 e. The van der Waals surface area contributed by atoms with Gasteiger partial charge in [0.1, 0.15) is 11.5 Å². The Kier molecular flexibility index (Phi) is 9.44. The molecule has 0 aliphatic carbocycles.